The molecular weight excluding hydrogens is 440 g/mol. The number of aliphatic hydroxyl groups is 4. The van der Waals surface area contributed by atoms with Gasteiger partial charge in [-0.3, -0.25) is 0 Å². The molecule has 4 aliphatic carbocycles. The molecule has 200 valence electrons. The molecule has 4 fully saturated rings. The van der Waals surface area contributed by atoms with Crippen molar-refractivity contribution in [3.8, 4) is 0 Å². The molecule has 0 amide bonds. The van der Waals surface area contributed by atoms with Crippen molar-refractivity contribution in [1.82, 2.24) is 0 Å². The van der Waals surface area contributed by atoms with Crippen molar-refractivity contribution in [3.63, 3.8) is 0 Å². The standard InChI is InChI=1S/C30H50O5/c1-26(2)22-10-9-20-19(28(22,5)16-21(31)24(26)32)13-15-29(6)18(12-14-30(20,29)7)17-8-11-23(27(3,4)34)35-25(17)33/h13,17-18,20-25,31-34H,8-12,14-16H2,1-7H3/t17-,18-,20-,21-,22+,23-,24+,25+,28-,29-,30+/m1/s1. The highest BCUT2D eigenvalue weighted by Gasteiger charge is 2.67. The molecule has 5 rings (SSSR count). The molecule has 0 bridgehead atoms. The lowest BCUT2D eigenvalue weighted by Crippen LogP contribution is -2.61. The third-order valence-corrected chi connectivity index (χ3v) is 12.6. The summed E-state index contributed by atoms with van der Waals surface area (Å²) < 4.78 is 6.01. The van der Waals surface area contributed by atoms with E-state index in [1.165, 1.54) is 5.57 Å². The summed E-state index contributed by atoms with van der Waals surface area (Å²) in [6, 6.07) is 0. The Morgan fingerprint density at radius 2 is 1.60 bits per heavy atom. The van der Waals surface area contributed by atoms with Crippen molar-refractivity contribution < 1.29 is 25.2 Å². The van der Waals surface area contributed by atoms with Crippen molar-refractivity contribution in [2.45, 2.75) is 130 Å². The lowest BCUT2D eigenvalue weighted by molar-refractivity contribution is -0.248. The summed E-state index contributed by atoms with van der Waals surface area (Å²) in [5.74, 6) is 1.35. The summed E-state index contributed by atoms with van der Waals surface area (Å²) in [5.41, 5.74) is 0.440. The van der Waals surface area contributed by atoms with Crippen molar-refractivity contribution in [1.29, 1.82) is 0 Å². The number of hydrogen-bond donors (Lipinski definition) is 4. The largest absolute Gasteiger partial charge is 0.390 e. The lowest BCUT2D eigenvalue weighted by atomic mass is 9.40. The molecule has 3 saturated carbocycles. The maximum atomic E-state index is 11.1. The van der Waals surface area contributed by atoms with Crippen molar-refractivity contribution in [2.24, 2.45) is 45.3 Å². The second-order valence-corrected chi connectivity index (χ2v) is 14.9. The van der Waals surface area contributed by atoms with E-state index in [4.69, 9.17) is 4.74 Å². The zero-order valence-electron chi connectivity index (χ0n) is 23.1. The highest BCUT2D eigenvalue weighted by molar-refractivity contribution is 5.33. The maximum absolute atomic E-state index is 11.1. The zero-order chi connectivity index (χ0) is 25.8. The minimum absolute atomic E-state index is 0.0825. The van der Waals surface area contributed by atoms with Gasteiger partial charge in [-0.05, 0) is 105 Å². The quantitative estimate of drug-likeness (QED) is 0.417. The predicted octanol–water partition coefficient (Wildman–Crippen LogP) is 4.81. The molecule has 5 nitrogen and oxygen atoms in total. The van der Waals surface area contributed by atoms with E-state index < -0.39 is 24.1 Å². The number of aliphatic hydroxyl groups excluding tert-OH is 3. The van der Waals surface area contributed by atoms with Crippen LogP contribution in [0.25, 0.3) is 0 Å². The molecule has 0 radical (unpaired) electrons. The average Bonchev–Trinajstić information content (AvgIpc) is 3.03. The van der Waals surface area contributed by atoms with Crippen LogP contribution in [-0.4, -0.2) is 50.6 Å². The zero-order valence-corrected chi connectivity index (χ0v) is 23.1. The molecule has 11 atom stereocenters. The van der Waals surface area contributed by atoms with Gasteiger partial charge in [-0.2, -0.15) is 0 Å². The smallest absolute Gasteiger partial charge is 0.158 e. The van der Waals surface area contributed by atoms with Crippen LogP contribution in [0.15, 0.2) is 11.6 Å². The molecule has 35 heavy (non-hydrogen) atoms. The van der Waals surface area contributed by atoms with Gasteiger partial charge in [0.2, 0.25) is 0 Å². The van der Waals surface area contributed by atoms with Gasteiger partial charge in [0.1, 0.15) is 0 Å². The number of allylic oxidation sites excluding steroid dienone is 2. The van der Waals surface area contributed by atoms with E-state index in [-0.39, 0.29) is 33.7 Å². The van der Waals surface area contributed by atoms with Crippen LogP contribution in [0.3, 0.4) is 0 Å². The molecule has 1 aliphatic heterocycles. The molecule has 0 aromatic rings. The van der Waals surface area contributed by atoms with E-state index in [9.17, 15) is 20.4 Å². The molecule has 4 N–H and O–H groups in total. The van der Waals surface area contributed by atoms with Crippen LogP contribution >= 0.6 is 0 Å². The molecule has 1 heterocycles. The van der Waals surface area contributed by atoms with Crippen molar-refractivity contribution >= 4 is 0 Å². The van der Waals surface area contributed by atoms with E-state index in [0.29, 0.717) is 24.2 Å². The first-order chi connectivity index (χ1) is 16.1. The molecule has 0 spiro atoms. The summed E-state index contributed by atoms with van der Waals surface area (Å²) in [7, 11) is 0. The van der Waals surface area contributed by atoms with Gasteiger partial charge < -0.3 is 25.2 Å². The van der Waals surface area contributed by atoms with Crippen LogP contribution in [0.2, 0.25) is 0 Å². The second kappa shape index (κ2) is 8.02. The second-order valence-electron chi connectivity index (χ2n) is 14.9. The van der Waals surface area contributed by atoms with E-state index in [1.54, 1.807) is 13.8 Å². The van der Waals surface area contributed by atoms with E-state index in [0.717, 1.165) is 44.9 Å². The highest BCUT2D eigenvalue weighted by Crippen LogP contribution is 2.73. The molecular formula is C30H50O5. The summed E-state index contributed by atoms with van der Waals surface area (Å²) >= 11 is 0. The molecule has 0 aromatic heterocycles. The Morgan fingerprint density at radius 3 is 2.23 bits per heavy atom. The number of ether oxygens (including phenoxy) is 1. The van der Waals surface area contributed by atoms with Gasteiger partial charge in [-0.25, -0.2) is 0 Å². The Hall–Kier alpha value is -0.460. The fraction of sp³-hybridized carbons (Fsp3) is 0.933. The summed E-state index contributed by atoms with van der Waals surface area (Å²) in [6.45, 7) is 15.2. The van der Waals surface area contributed by atoms with Crippen LogP contribution in [0, 0.1) is 45.3 Å². The lowest BCUT2D eigenvalue weighted by Gasteiger charge is -2.65. The minimum atomic E-state index is -0.942. The first-order valence-electron chi connectivity index (χ1n) is 14.2. The fourth-order valence-electron chi connectivity index (χ4n) is 10.3. The fourth-order valence-corrected chi connectivity index (χ4v) is 10.3. The molecule has 5 heteroatoms. The first-order valence-corrected chi connectivity index (χ1v) is 14.2. The van der Waals surface area contributed by atoms with Gasteiger partial charge in [0.15, 0.2) is 6.29 Å². The highest BCUT2D eigenvalue weighted by atomic mass is 16.6. The summed E-state index contributed by atoms with van der Waals surface area (Å²) in [5, 5.41) is 43.3. The Morgan fingerprint density at radius 1 is 0.914 bits per heavy atom. The monoisotopic (exact) mass is 490 g/mol. The van der Waals surface area contributed by atoms with Crippen LogP contribution in [0.4, 0.5) is 0 Å². The van der Waals surface area contributed by atoms with Gasteiger partial charge >= 0.3 is 0 Å². The summed E-state index contributed by atoms with van der Waals surface area (Å²) in [4.78, 5) is 0. The Balaban J connectivity index is 1.45. The van der Waals surface area contributed by atoms with E-state index in [1.807, 2.05) is 0 Å². The van der Waals surface area contributed by atoms with Gasteiger partial charge in [0.25, 0.3) is 0 Å². The minimum Gasteiger partial charge on any atom is -0.390 e. The number of hydrogen-bond acceptors (Lipinski definition) is 5. The van der Waals surface area contributed by atoms with Crippen molar-refractivity contribution in [2.75, 3.05) is 0 Å². The SMILES string of the molecule is CC(C)(O)[C@H]1CC[C@H]([C@H]2CC[C@@]3(C)[C@@H]4CC[C@H]5C(C)(C)[C@@H](O)[C@H](O)C[C@]5(C)C4=CC[C@]23C)[C@@H](O)O1. The first kappa shape index (κ1) is 26.2. The molecule has 0 unspecified atom stereocenters. The summed E-state index contributed by atoms with van der Waals surface area (Å²) in [6.07, 6.45) is 7.85. The third kappa shape index (κ3) is 3.51. The van der Waals surface area contributed by atoms with Crippen molar-refractivity contribution in [3.05, 3.63) is 11.6 Å². The molecule has 1 saturated heterocycles. The van der Waals surface area contributed by atoms with E-state index >= 15 is 0 Å². The molecule has 0 aromatic carbocycles. The van der Waals surface area contributed by atoms with Gasteiger partial charge in [0, 0.05) is 5.92 Å². The Labute approximate surface area is 212 Å². The molecule has 5 aliphatic rings. The van der Waals surface area contributed by atoms with Crippen LogP contribution in [-0.2, 0) is 4.74 Å². The van der Waals surface area contributed by atoms with E-state index in [2.05, 4.69) is 40.7 Å². The maximum Gasteiger partial charge on any atom is 0.158 e. The normalized spacial score (nSPS) is 53.9. The Bertz CT molecular complexity index is 874. The number of rotatable bonds is 2. The van der Waals surface area contributed by atoms with Crippen LogP contribution < -0.4 is 0 Å². The van der Waals surface area contributed by atoms with Crippen LogP contribution in [0.5, 0.6) is 0 Å². The Kier molecular flexibility index (Phi) is 6.00. The van der Waals surface area contributed by atoms with Gasteiger partial charge in [0.05, 0.1) is 23.9 Å². The topological polar surface area (TPSA) is 90.2 Å². The third-order valence-electron chi connectivity index (χ3n) is 12.6. The predicted molar refractivity (Wildman–Crippen MR) is 136 cm³/mol. The number of fused-ring (bicyclic) bond motifs is 5. The van der Waals surface area contributed by atoms with Crippen LogP contribution in [0.1, 0.15) is 99.8 Å². The van der Waals surface area contributed by atoms with Gasteiger partial charge in [-0.15, -0.1) is 0 Å². The van der Waals surface area contributed by atoms with Gasteiger partial charge in [-0.1, -0.05) is 46.3 Å². The average molecular weight is 491 g/mol.